The SMILES string of the molecule is Cc1cn(C)c([C@H]2CCCN(C(=O)Cc3cccnc3)C2)n1. The molecule has 0 aromatic carbocycles. The van der Waals surface area contributed by atoms with Gasteiger partial charge in [-0.25, -0.2) is 4.98 Å². The third-order valence-electron chi connectivity index (χ3n) is 4.25. The van der Waals surface area contributed by atoms with Crippen molar-refractivity contribution in [3.8, 4) is 0 Å². The predicted molar refractivity (Wildman–Crippen MR) is 84.4 cm³/mol. The van der Waals surface area contributed by atoms with Gasteiger partial charge in [0, 0.05) is 44.6 Å². The maximum absolute atomic E-state index is 12.5. The van der Waals surface area contributed by atoms with Crippen LogP contribution in [0.25, 0.3) is 0 Å². The van der Waals surface area contributed by atoms with Crippen molar-refractivity contribution in [2.75, 3.05) is 13.1 Å². The Morgan fingerprint density at radius 2 is 2.32 bits per heavy atom. The predicted octanol–water partition coefficient (Wildman–Crippen LogP) is 2.07. The van der Waals surface area contributed by atoms with Crippen molar-refractivity contribution < 1.29 is 4.79 Å². The Morgan fingerprint density at radius 1 is 1.45 bits per heavy atom. The van der Waals surface area contributed by atoms with Crippen molar-refractivity contribution in [2.45, 2.75) is 32.1 Å². The summed E-state index contributed by atoms with van der Waals surface area (Å²) in [6.07, 6.45) is 8.11. The van der Waals surface area contributed by atoms with E-state index >= 15 is 0 Å². The Kier molecular flexibility index (Phi) is 4.22. The molecule has 0 aliphatic carbocycles. The summed E-state index contributed by atoms with van der Waals surface area (Å²) in [5.41, 5.74) is 2.01. The average Bonchev–Trinajstić information content (AvgIpc) is 2.87. The number of piperidine rings is 1. The molecule has 1 atom stereocenters. The van der Waals surface area contributed by atoms with E-state index in [2.05, 4.69) is 14.5 Å². The molecule has 0 bridgehead atoms. The van der Waals surface area contributed by atoms with Crippen molar-refractivity contribution in [1.29, 1.82) is 0 Å². The third-order valence-corrected chi connectivity index (χ3v) is 4.25. The van der Waals surface area contributed by atoms with Gasteiger partial charge in [0.15, 0.2) is 0 Å². The number of nitrogens with zero attached hydrogens (tertiary/aromatic N) is 4. The Labute approximate surface area is 131 Å². The molecule has 0 radical (unpaired) electrons. The van der Waals surface area contributed by atoms with Gasteiger partial charge >= 0.3 is 0 Å². The van der Waals surface area contributed by atoms with Crippen molar-refractivity contribution in [1.82, 2.24) is 19.4 Å². The van der Waals surface area contributed by atoms with Crippen LogP contribution >= 0.6 is 0 Å². The molecule has 2 aromatic rings. The number of rotatable bonds is 3. The summed E-state index contributed by atoms with van der Waals surface area (Å²) in [7, 11) is 2.03. The quantitative estimate of drug-likeness (QED) is 0.871. The highest BCUT2D eigenvalue weighted by molar-refractivity contribution is 5.78. The van der Waals surface area contributed by atoms with Gasteiger partial charge in [-0.1, -0.05) is 6.07 Å². The van der Waals surface area contributed by atoms with Gasteiger partial charge in [0.1, 0.15) is 5.82 Å². The van der Waals surface area contributed by atoms with Crippen LogP contribution in [0.5, 0.6) is 0 Å². The Morgan fingerprint density at radius 3 is 3.00 bits per heavy atom. The molecule has 1 amide bonds. The fourth-order valence-corrected chi connectivity index (χ4v) is 3.22. The molecule has 0 spiro atoms. The number of amides is 1. The lowest BCUT2D eigenvalue weighted by Crippen LogP contribution is -2.40. The number of aromatic nitrogens is 3. The first kappa shape index (κ1) is 14.8. The summed E-state index contributed by atoms with van der Waals surface area (Å²) < 4.78 is 2.09. The van der Waals surface area contributed by atoms with Gasteiger partial charge in [0.25, 0.3) is 0 Å². The fourth-order valence-electron chi connectivity index (χ4n) is 3.22. The molecule has 1 fully saturated rings. The number of carbonyl (C=O) groups is 1. The Hall–Kier alpha value is -2.17. The minimum atomic E-state index is 0.184. The monoisotopic (exact) mass is 298 g/mol. The number of aryl methyl sites for hydroxylation is 2. The number of likely N-dealkylation sites (tertiary alicyclic amines) is 1. The van der Waals surface area contributed by atoms with E-state index in [0.29, 0.717) is 12.3 Å². The maximum Gasteiger partial charge on any atom is 0.227 e. The zero-order valence-electron chi connectivity index (χ0n) is 13.2. The van der Waals surface area contributed by atoms with Crippen molar-refractivity contribution in [3.05, 3.63) is 47.8 Å². The van der Waals surface area contributed by atoms with Crippen LogP contribution in [-0.4, -0.2) is 38.4 Å². The second kappa shape index (κ2) is 6.30. The van der Waals surface area contributed by atoms with Gasteiger partial charge in [0.05, 0.1) is 12.1 Å². The highest BCUT2D eigenvalue weighted by Crippen LogP contribution is 2.26. The van der Waals surface area contributed by atoms with E-state index in [0.717, 1.165) is 43.0 Å². The van der Waals surface area contributed by atoms with Crippen LogP contribution < -0.4 is 0 Å². The zero-order valence-corrected chi connectivity index (χ0v) is 13.2. The maximum atomic E-state index is 12.5. The minimum Gasteiger partial charge on any atom is -0.342 e. The molecule has 1 saturated heterocycles. The number of hydrogen-bond donors (Lipinski definition) is 0. The first-order chi connectivity index (χ1) is 10.6. The first-order valence-electron chi connectivity index (χ1n) is 7.80. The van der Waals surface area contributed by atoms with Crippen LogP contribution in [-0.2, 0) is 18.3 Å². The number of pyridine rings is 1. The molecule has 5 nitrogen and oxygen atoms in total. The Balaban J connectivity index is 1.68. The third kappa shape index (κ3) is 3.18. The van der Waals surface area contributed by atoms with Gasteiger partial charge < -0.3 is 9.47 Å². The van der Waals surface area contributed by atoms with Crippen molar-refractivity contribution in [2.24, 2.45) is 7.05 Å². The lowest BCUT2D eigenvalue weighted by molar-refractivity contribution is -0.131. The van der Waals surface area contributed by atoms with E-state index in [9.17, 15) is 4.79 Å². The van der Waals surface area contributed by atoms with Crippen molar-refractivity contribution >= 4 is 5.91 Å². The second-order valence-electron chi connectivity index (χ2n) is 6.07. The minimum absolute atomic E-state index is 0.184. The molecule has 0 saturated carbocycles. The highest BCUT2D eigenvalue weighted by atomic mass is 16.2. The molecule has 5 heteroatoms. The number of imidazole rings is 1. The highest BCUT2D eigenvalue weighted by Gasteiger charge is 2.27. The molecule has 1 aliphatic heterocycles. The second-order valence-corrected chi connectivity index (χ2v) is 6.07. The summed E-state index contributed by atoms with van der Waals surface area (Å²) in [5, 5.41) is 0. The van der Waals surface area contributed by atoms with E-state index in [4.69, 9.17) is 0 Å². The van der Waals surface area contributed by atoms with Crippen LogP contribution in [0.4, 0.5) is 0 Å². The molecular formula is C17H22N4O. The van der Waals surface area contributed by atoms with Gasteiger partial charge in [-0.15, -0.1) is 0 Å². The summed E-state index contributed by atoms with van der Waals surface area (Å²) in [6, 6.07) is 3.83. The summed E-state index contributed by atoms with van der Waals surface area (Å²) in [5.74, 6) is 1.62. The average molecular weight is 298 g/mol. The summed E-state index contributed by atoms with van der Waals surface area (Å²) in [6.45, 7) is 3.63. The van der Waals surface area contributed by atoms with E-state index in [-0.39, 0.29) is 5.91 Å². The van der Waals surface area contributed by atoms with Crippen LogP contribution in [0.2, 0.25) is 0 Å². The molecule has 3 rings (SSSR count). The van der Waals surface area contributed by atoms with E-state index < -0.39 is 0 Å². The Bertz CT molecular complexity index is 650. The van der Waals surface area contributed by atoms with Gasteiger partial charge in [0.2, 0.25) is 5.91 Å². The molecule has 0 N–H and O–H groups in total. The normalized spacial score (nSPS) is 18.5. The van der Waals surface area contributed by atoms with E-state index in [1.165, 1.54) is 0 Å². The zero-order chi connectivity index (χ0) is 15.5. The molecule has 0 unspecified atom stereocenters. The molecule has 2 aromatic heterocycles. The van der Waals surface area contributed by atoms with Crippen LogP contribution in [0.1, 0.15) is 35.8 Å². The topological polar surface area (TPSA) is 51.0 Å². The first-order valence-corrected chi connectivity index (χ1v) is 7.80. The van der Waals surface area contributed by atoms with Gasteiger partial charge in [-0.3, -0.25) is 9.78 Å². The lowest BCUT2D eigenvalue weighted by Gasteiger charge is -2.32. The van der Waals surface area contributed by atoms with Gasteiger partial charge in [-0.05, 0) is 31.4 Å². The number of hydrogen-bond acceptors (Lipinski definition) is 3. The van der Waals surface area contributed by atoms with Crippen LogP contribution in [0, 0.1) is 6.92 Å². The molecule has 22 heavy (non-hydrogen) atoms. The summed E-state index contributed by atoms with van der Waals surface area (Å²) >= 11 is 0. The molecule has 3 heterocycles. The lowest BCUT2D eigenvalue weighted by atomic mass is 9.96. The van der Waals surface area contributed by atoms with Crippen LogP contribution in [0.3, 0.4) is 0 Å². The molecule has 116 valence electrons. The van der Waals surface area contributed by atoms with Crippen LogP contribution in [0.15, 0.2) is 30.7 Å². The van der Waals surface area contributed by atoms with E-state index in [1.54, 1.807) is 12.4 Å². The largest absolute Gasteiger partial charge is 0.342 e. The smallest absolute Gasteiger partial charge is 0.227 e. The van der Waals surface area contributed by atoms with E-state index in [1.807, 2.05) is 37.2 Å². The summed E-state index contributed by atoms with van der Waals surface area (Å²) in [4.78, 5) is 23.2. The number of carbonyl (C=O) groups excluding carboxylic acids is 1. The fraction of sp³-hybridized carbons (Fsp3) is 0.471. The standard InChI is InChI=1S/C17H22N4O/c1-13-11-20(2)17(19-13)15-6-4-8-21(12-15)16(22)9-14-5-3-7-18-10-14/h3,5,7,10-11,15H,4,6,8-9,12H2,1-2H3/t15-/m0/s1. The molecular weight excluding hydrogens is 276 g/mol. The molecule has 1 aliphatic rings. The van der Waals surface area contributed by atoms with Crippen molar-refractivity contribution in [3.63, 3.8) is 0 Å². The van der Waals surface area contributed by atoms with Gasteiger partial charge in [-0.2, -0.15) is 0 Å².